The number of hydrogen-bond acceptors (Lipinski definition) is 5. The highest BCUT2D eigenvalue weighted by molar-refractivity contribution is 7.13. The average molecular weight is 345 g/mol. The van der Waals surface area contributed by atoms with Gasteiger partial charge in [-0.15, -0.1) is 11.3 Å². The highest BCUT2D eigenvalue weighted by Gasteiger charge is 2.24. The Hall–Kier alpha value is -2.41. The molecule has 1 aliphatic heterocycles. The minimum absolute atomic E-state index is 0.0533. The molecule has 126 valence electrons. The second kappa shape index (κ2) is 7.00. The third kappa shape index (κ3) is 3.41. The van der Waals surface area contributed by atoms with E-state index in [9.17, 15) is 9.59 Å². The van der Waals surface area contributed by atoms with Crippen molar-refractivity contribution < 1.29 is 14.3 Å². The Morgan fingerprint density at radius 3 is 2.29 bits per heavy atom. The molecule has 1 saturated heterocycles. The van der Waals surface area contributed by atoms with Crippen LogP contribution in [0.5, 0.6) is 5.75 Å². The van der Waals surface area contributed by atoms with E-state index in [1.807, 2.05) is 24.3 Å². The van der Waals surface area contributed by atoms with Crippen molar-refractivity contribution in [2.75, 3.05) is 33.3 Å². The first kappa shape index (κ1) is 16.4. The molecule has 0 atom stereocenters. The molecule has 7 heteroatoms. The first-order chi connectivity index (χ1) is 11.6. The van der Waals surface area contributed by atoms with Crippen molar-refractivity contribution in [1.82, 2.24) is 14.8 Å². The lowest BCUT2D eigenvalue weighted by atomic mass is 10.2. The van der Waals surface area contributed by atoms with Crippen molar-refractivity contribution in [3.63, 3.8) is 0 Å². The number of piperazine rings is 1. The summed E-state index contributed by atoms with van der Waals surface area (Å²) in [5.41, 5.74) is 1.42. The molecule has 3 rings (SSSR count). The van der Waals surface area contributed by atoms with Gasteiger partial charge in [-0.3, -0.25) is 9.59 Å². The van der Waals surface area contributed by atoms with Gasteiger partial charge in [0.2, 0.25) is 5.91 Å². The second-order valence-corrected chi connectivity index (χ2v) is 6.42. The summed E-state index contributed by atoms with van der Waals surface area (Å²) in [5.74, 6) is 0.765. The van der Waals surface area contributed by atoms with Crippen molar-refractivity contribution in [2.45, 2.75) is 6.92 Å². The Bertz CT molecular complexity index is 734. The Morgan fingerprint density at radius 2 is 1.71 bits per heavy atom. The standard InChI is InChI=1S/C17H19N3O3S/c1-12(21)19-7-9-20(10-8-19)17(22)15-11-24-16(18-15)13-3-5-14(23-2)6-4-13/h3-6,11H,7-10H2,1-2H3. The van der Waals surface area contributed by atoms with Gasteiger partial charge in [0.25, 0.3) is 5.91 Å². The van der Waals surface area contributed by atoms with Gasteiger partial charge in [0.1, 0.15) is 16.5 Å². The number of carbonyl (C=O) groups excluding carboxylic acids is 2. The third-order valence-corrected chi connectivity index (χ3v) is 4.96. The van der Waals surface area contributed by atoms with Gasteiger partial charge in [-0.2, -0.15) is 0 Å². The fraction of sp³-hybridized carbons (Fsp3) is 0.353. The van der Waals surface area contributed by atoms with Gasteiger partial charge in [0.15, 0.2) is 0 Å². The first-order valence-corrected chi connectivity index (χ1v) is 8.61. The number of carbonyl (C=O) groups is 2. The van der Waals surface area contributed by atoms with Crippen LogP contribution in [-0.4, -0.2) is 59.9 Å². The van der Waals surface area contributed by atoms with Crippen LogP contribution in [0.25, 0.3) is 10.6 Å². The van der Waals surface area contributed by atoms with E-state index in [-0.39, 0.29) is 11.8 Å². The van der Waals surface area contributed by atoms with Crippen molar-refractivity contribution in [2.24, 2.45) is 0 Å². The normalized spacial score (nSPS) is 14.6. The SMILES string of the molecule is COc1ccc(-c2nc(C(=O)N3CCN(C(C)=O)CC3)cs2)cc1. The lowest BCUT2D eigenvalue weighted by Gasteiger charge is -2.33. The molecule has 0 N–H and O–H groups in total. The zero-order valence-corrected chi connectivity index (χ0v) is 14.5. The maximum absolute atomic E-state index is 12.6. The van der Waals surface area contributed by atoms with Crippen molar-refractivity contribution in [1.29, 1.82) is 0 Å². The number of rotatable bonds is 3. The van der Waals surface area contributed by atoms with Crippen LogP contribution in [0.1, 0.15) is 17.4 Å². The van der Waals surface area contributed by atoms with Crippen molar-refractivity contribution in [3.05, 3.63) is 35.3 Å². The number of methoxy groups -OCH3 is 1. The molecule has 1 aromatic heterocycles. The molecule has 6 nitrogen and oxygen atoms in total. The van der Waals surface area contributed by atoms with Crippen LogP contribution < -0.4 is 4.74 Å². The predicted molar refractivity (Wildman–Crippen MR) is 92.3 cm³/mol. The highest BCUT2D eigenvalue weighted by atomic mass is 32.1. The molecule has 0 bridgehead atoms. The summed E-state index contributed by atoms with van der Waals surface area (Å²) in [6, 6.07) is 7.60. The molecule has 1 aromatic carbocycles. The molecule has 1 fully saturated rings. The lowest BCUT2D eigenvalue weighted by Crippen LogP contribution is -2.50. The van der Waals surface area contributed by atoms with E-state index in [4.69, 9.17) is 4.74 Å². The van der Waals surface area contributed by atoms with Gasteiger partial charge >= 0.3 is 0 Å². The van der Waals surface area contributed by atoms with E-state index >= 15 is 0 Å². The zero-order valence-electron chi connectivity index (χ0n) is 13.7. The quantitative estimate of drug-likeness (QED) is 0.855. The van der Waals surface area contributed by atoms with Crippen LogP contribution in [0.3, 0.4) is 0 Å². The average Bonchev–Trinajstić information content (AvgIpc) is 3.11. The molecule has 1 aliphatic rings. The third-order valence-electron chi connectivity index (χ3n) is 4.07. The van der Waals surface area contributed by atoms with Crippen molar-refractivity contribution >= 4 is 23.2 Å². The number of ether oxygens (including phenoxy) is 1. The molecule has 0 spiro atoms. The van der Waals surface area contributed by atoms with Gasteiger partial charge in [-0.1, -0.05) is 0 Å². The lowest BCUT2D eigenvalue weighted by molar-refractivity contribution is -0.130. The van der Waals surface area contributed by atoms with E-state index in [1.165, 1.54) is 11.3 Å². The second-order valence-electron chi connectivity index (χ2n) is 5.56. The number of nitrogens with zero attached hydrogens (tertiary/aromatic N) is 3. The van der Waals surface area contributed by atoms with Crippen LogP contribution in [0, 0.1) is 0 Å². The van der Waals surface area contributed by atoms with Gasteiger partial charge in [-0.05, 0) is 24.3 Å². The largest absolute Gasteiger partial charge is 0.497 e. The number of amides is 2. The summed E-state index contributed by atoms with van der Waals surface area (Å²) >= 11 is 1.45. The first-order valence-electron chi connectivity index (χ1n) is 7.73. The Morgan fingerprint density at radius 1 is 1.08 bits per heavy atom. The highest BCUT2D eigenvalue weighted by Crippen LogP contribution is 2.26. The Kier molecular flexibility index (Phi) is 4.80. The van der Waals surface area contributed by atoms with Crippen LogP contribution in [-0.2, 0) is 4.79 Å². The van der Waals surface area contributed by atoms with E-state index < -0.39 is 0 Å². The molecular weight excluding hydrogens is 326 g/mol. The summed E-state index contributed by atoms with van der Waals surface area (Å²) in [7, 11) is 1.63. The maximum atomic E-state index is 12.6. The molecule has 24 heavy (non-hydrogen) atoms. The van der Waals surface area contributed by atoms with Crippen molar-refractivity contribution in [3.8, 4) is 16.3 Å². The monoisotopic (exact) mass is 345 g/mol. The minimum atomic E-state index is -0.0748. The molecular formula is C17H19N3O3S. The van der Waals surface area contributed by atoms with E-state index in [0.717, 1.165) is 16.3 Å². The molecule has 2 amide bonds. The van der Waals surface area contributed by atoms with Gasteiger partial charge < -0.3 is 14.5 Å². The Labute approximate surface area is 144 Å². The smallest absolute Gasteiger partial charge is 0.273 e. The number of aromatic nitrogens is 1. The summed E-state index contributed by atoms with van der Waals surface area (Å²) in [6.45, 7) is 3.81. The molecule has 2 heterocycles. The molecule has 0 saturated carbocycles. The van der Waals surface area contributed by atoms with Crippen LogP contribution >= 0.6 is 11.3 Å². The molecule has 0 aliphatic carbocycles. The summed E-state index contributed by atoms with van der Waals surface area (Å²) in [5, 5.41) is 2.60. The van der Waals surface area contributed by atoms with E-state index in [0.29, 0.717) is 31.9 Å². The van der Waals surface area contributed by atoms with Gasteiger partial charge in [0, 0.05) is 44.0 Å². The van der Waals surface area contributed by atoms with Gasteiger partial charge in [-0.25, -0.2) is 4.98 Å². The fourth-order valence-electron chi connectivity index (χ4n) is 2.62. The summed E-state index contributed by atoms with van der Waals surface area (Å²) < 4.78 is 5.15. The number of benzene rings is 1. The van der Waals surface area contributed by atoms with Crippen LogP contribution in [0.2, 0.25) is 0 Å². The molecule has 0 unspecified atom stereocenters. The summed E-state index contributed by atoms with van der Waals surface area (Å²) in [4.78, 5) is 31.9. The summed E-state index contributed by atoms with van der Waals surface area (Å²) in [6.07, 6.45) is 0. The van der Waals surface area contributed by atoms with E-state index in [2.05, 4.69) is 4.98 Å². The minimum Gasteiger partial charge on any atom is -0.497 e. The van der Waals surface area contributed by atoms with Crippen LogP contribution in [0.15, 0.2) is 29.6 Å². The zero-order chi connectivity index (χ0) is 17.1. The molecule has 2 aromatic rings. The predicted octanol–water partition coefficient (Wildman–Crippen LogP) is 2.12. The Balaban J connectivity index is 1.68. The van der Waals surface area contributed by atoms with E-state index in [1.54, 1.807) is 29.2 Å². The fourth-order valence-corrected chi connectivity index (χ4v) is 3.42. The van der Waals surface area contributed by atoms with Crippen LogP contribution in [0.4, 0.5) is 0 Å². The molecule has 0 radical (unpaired) electrons. The topological polar surface area (TPSA) is 62.7 Å². The maximum Gasteiger partial charge on any atom is 0.273 e. The van der Waals surface area contributed by atoms with Gasteiger partial charge in [0.05, 0.1) is 7.11 Å². The number of hydrogen-bond donors (Lipinski definition) is 0. The number of thiazole rings is 1.